The Morgan fingerprint density at radius 3 is 2.85 bits per heavy atom. The van der Waals surface area contributed by atoms with Crippen LogP contribution in [-0.4, -0.2) is 17.8 Å². The Kier molecular flexibility index (Phi) is 4.52. The molecule has 5 heteroatoms. The third-order valence-corrected chi connectivity index (χ3v) is 2.38. The summed E-state index contributed by atoms with van der Waals surface area (Å²) in [5, 5.41) is 3.61. The highest BCUT2D eigenvalue weighted by atomic mass is 79.9. The summed E-state index contributed by atoms with van der Waals surface area (Å²) in [4.78, 5) is 11.3. The predicted octanol–water partition coefficient (Wildman–Crippen LogP) is 2.56. The summed E-state index contributed by atoms with van der Waals surface area (Å²) >= 11 is 6.41. The molecular weight excluding hydrogens is 302 g/mol. The Bertz CT molecular complexity index is 285. The number of hydrogen-bond donors (Lipinski definition) is 1. The van der Waals surface area contributed by atoms with Gasteiger partial charge in [0.05, 0.1) is 0 Å². The van der Waals surface area contributed by atoms with Crippen molar-refractivity contribution < 1.29 is 9.21 Å². The summed E-state index contributed by atoms with van der Waals surface area (Å²) in [5.41, 5.74) is 0. The van der Waals surface area contributed by atoms with E-state index in [-0.39, 0.29) is 5.91 Å². The van der Waals surface area contributed by atoms with Crippen LogP contribution in [0, 0.1) is 0 Å². The van der Waals surface area contributed by atoms with Crippen molar-refractivity contribution in [1.29, 1.82) is 0 Å². The highest BCUT2D eigenvalue weighted by Crippen LogP contribution is 2.13. The molecule has 0 saturated carbocycles. The lowest BCUT2D eigenvalue weighted by atomic mass is 10.4. The number of amides is 1. The zero-order valence-electron chi connectivity index (χ0n) is 6.85. The van der Waals surface area contributed by atoms with Crippen molar-refractivity contribution in [2.75, 3.05) is 11.9 Å². The summed E-state index contributed by atoms with van der Waals surface area (Å²) in [6, 6.07) is 3.33. The van der Waals surface area contributed by atoms with Gasteiger partial charge in [-0.2, -0.15) is 0 Å². The largest absolute Gasteiger partial charge is 0.444 e. The summed E-state index contributed by atoms with van der Waals surface area (Å²) < 4.78 is 5.64. The fourth-order valence-corrected chi connectivity index (χ4v) is 1.38. The van der Waals surface area contributed by atoms with Gasteiger partial charge in [-0.25, -0.2) is 0 Å². The standard InChI is InChI=1S/C8H9Br2NO2/c9-4-1-5-11-8(12)6-2-3-7(10)13-6/h2-3H,1,4-5H2,(H,11,12). The van der Waals surface area contributed by atoms with Gasteiger partial charge in [-0.05, 0) is 34.5 Å². The molecule has 0 aromatic carbocycles. The van der Waals surface area contributed by atoms with Crippen LogP contribution in [0.1, 0.15) is 17.0 Å². The average molecular weight is 311 g/mol. The van der Waals surface area contributed by atoms with Crippen LogP contribution >= 0.6 is 31.9 Å². The zero-order chi connectivity index (χ0) is 9.68. The molecule has 1 N–H and O–H groups in total. The van der Waals surface area contributed by atoms with E-state index in [2.05, 4.69) is 37.2 Å². The van der Waals surface area contributed by atoms with Gasteiger partial charge in [0.2, 0.25) is 0 Å². The molecule has 1 aromatic heterocycles. The van der Waals surface area contributed by atoms with Crippen molar-refractivity contribution >= 4 is 37.8 Å². The first kappa shape index (κ1) is 10.8. The van der Waals surface area contributed by atoms with Crippen molar-refractivity contribution in [1.82, 2.24) is 5.32 Å². The quantitative estimate of drug-likeness (QED) is 0.686. The lowest BCUT2D eigenvalue weighted by molar-refractivity contribution is 0.0925. The van der Waals surface area contributed by atoms with E-state index in [9.17, 15) is 4.79 Å². The number of furan rings is 1. The van der Waals surface area contributed by atoms with Crippen LogP contribution in [0.2, 0.25) is 0 Å². The predicted molar refractivity (Wildman–Crippen MR) is 57.2 cm³/mol. The van der Waals surface area contributed by atoms with Crippen LogP contribution in [0.15, 0.2) is 21.2 Å². The maximum Gasteiger partial charge on any atom is 0.287 e. The van der Waals surface area contributed by atoms with E-state index in [1.54, 1.807) is 12.1 Å². The molecule has 1 aromatic rings. The van der Waals surface area contributed by atoms with E-state index in [4.69, 9.17) is 4.42 Å². The van der Waals surface area contributed by atoms with Gasteiger partial charge in [0.15, 0.2) is 10.4 Å². The Labute approximate surface area is 93.1 Å². The zero-order valence-corrected chi connectivity index (χ0v) is 10.0. The summed E-state index contributed by atoms with van der Waals surface area (Å²) in [6.07, 6.45) is 0.910. The van der Waals surface area contributed by atoms with Crippen LogP contribution in [0.4, 0.5) is 0 Å². The SMILES string of the molecule is O=C(NCCCBr)c1ccc(Br)o1. The molecule has 3 nitrogen and oxygen atoms in total. The first-order valence-electron chi connectivity index (χ1n) is 3.83. The van der Waals surface area contributed by atoms with E-state index < -0.39 is 0 Å². The molecule has 0 bridgehead atoms. The molecule has 72 valence electrons. The van der Waals surface area contributed by atoms with Gasteiger partial charge in [-0.1, -0.05) is 15.9 Å². The smallest absolute Gasteiger partial charge is 0.287 e. The minimum absolute atomic E-state index is 0.174. The van der Waals surface area contributed by atoms with Crippen LogP contribution in [0.25, 0.3) is 0 Å². The van der Waals surface area contributed by atoms with Crippen molar-refractivity contribution in [3.05, 3.63) is 22.6 Å². The van der Waals surface area contributed by atoms with E-state index in [1.165, 1.54) is 0 Å². The highest BCUT2D eigenvalue weighted by molar-refractivity contribution is 9.10. The summed E-state index contributed by atoms with van der Waals surface area (Å²) in [7, 11) is 0. The molecule has 0 aliphatic heterocycles. The van der Waals surface area contributed by atoms with Crippen molar-refractivity contribution in [3.8, 4) is 0 Å². The second-order valence-corrected chi connectivity index (χ2v) is 3.98. The maximum absolute atomic E-state index is 11.3. The fraction of sp³-hybridized carbons (Fsp3) is 0.375. The molecule has 0 unspecified atom stereocenters. The second-order valence-electron chi connectivity index (χ2n) is 2.40. The molecule has 0 aliphatic carbocycles. The van der Waals surface area contributed by atoms with E-state index in [0.29, 0.717) is 17.0 Å². The van der Waals surface area contributed by atoms with Gasteiger partial charge >= 0.3 is 0 Å². The molecule has 0 fully saturated rings. The van der Waals surface area contributed by atoms with Gasteiger partial charge in [0.1, 0.15) is 0 Å². The van der Waals surface area contributed by atoms with Crippen molar-refractivity contribution in [3.63, 3.8) is 0 Å². The molecule has 1 rings (SSSR count). The Hall–Kier alpha value is -0.290. The maximum atomic E-state index is 11.3. The lowest BCUT2D eigenvalue weighted by Gasteiger charge is -1.99. The number of alkyl halides is 1. The van der Waals surface area contributed by atoms with Crippen molar-refractivity contribution in [2.45, 2.75) is 6.42 Å². The van der Waals surface area contributed by atoms with E-state index in [1.807, 2.05) is 0 Å². The van der Waals surface area contributed by atoms with E-state index in [0.717, 1.165) is 11.8 Å². The van der Waals surface area contributed by atoms with Gasteiger partial charge in [0.25, 0.3) is 5.91 Å². The molecule has 0 aliphatic rings. The monoisotopic (exact) mass is 309 g/mol. The fourth-order valence-electron chi connectivity index (χ4n) is 0.792. The average Bonchev–Trinajstić information content (AvgIpc) is 2.52. The first-order chi connectivity index (χ1) is 6.24. The number of carbonyl (C=O) groups is 1. The Balaban J connectivity index is 2.40. The van der Waals surface area contributed by atoms with Crippen LogP contribution in [0.5, 0.6) is 0 Å². The third kappa shape index (κ3) is 3.52. The summed E-state index contributed by atoms with van der Waals surface area (Å²) in [6.45, 7) is 0.655. The third-order valence-electron chi connectivity index (χ3n) is 1.39. The van der Waals surface area contributed by atoms with Crippen LogP contribution < -0.4 is 5.32 Å². The van der Waals surface area contributed by atoms with Crippen molar-refractivity contribution in [2.24, 2.45) is 0 Å². The summed E-state index contributed by atoms with van der Waals surface area (Å²) in [5.74, 6) is 0.160. The highest BCUT2D eigenvalue weighted by Gasteiger charge is 2.08. The minimum Gasteiger partial charge on any atom is -0.444 e. The molecule has 1 heterocycles. The molecule has 1 amide bonds. The lowest BCUT2D eigenvalue weighted by Crippen LogP contribution is -2.24. The number of nitrogens with one attached hydrogen (secondary N) is 1. The van der Waals surface area contributed by atoms with Crippen LogP contribution in [0.3, 0.4) is 0 Å². The molecule has 0 radical (unpaired) electrons. The Morgan fingerprint density at radius 1 is 1.54 bits per heavy atom. The number of hydrogen-bond acceptors (Lipinski definition) is 2. The van der Waals surface area contributed by atoms with Gasteiger partial charge in [0, 0.05) is 11.9 Å². The molecule has 0 atom stereocenters. The normalized spacial score (nSPS) is 10.0. The van der Waals surface area contributed by atoms with Gasteiger partial charge in [-0.3, -0.25) is 4.79 Å². The molecule has 0 spiro atoms. The minimum atomic E-state index is -0.174. The van der Waals surface area contributed by atoms with E-state index >= 15 is 0 Å². The topological polar surface area (TPSA) is 42.2 Å². The van der Waals surface area contributed by atoms with Gasteiger partial charge in [-0.15, -0.1) is 0 Å². The molecule has 0 saturated heterocycles. The number of rotatable bonds is 4. The first-order valence-corrected chi connectivity index (χ1v) is 5.75. The molecular formula is C8H9Br2NO2. The Morgan fingerprint density at radius 2 is 2.31 bits per heavy atom. The number of halogens is 2. The van der Waals surface area contributed by atoms with Crippen LogP contribution in [-0.2, 0) is 0 Å². The second kappa shape index (κ2) is 5.44. The number of carbonyl (C=O) groups excluding carboxylic acids is 1. The molecule has 13 heavy (non-hydrogen) atoms. The van der Waals surface area contributed by atoms with Gasteiger partial charge < -0.3 is 9.73 Å².